The fraction of sp³-hybridized carbons (Fsp3) is 0.435. The van der Waals surface area contributed by atoms with Crippen molar-refractivity contribution in [2.75, 3.05) is 26.2 Å². The Morgan fingerprint density at radius 1 is 1.03 bits per heavy atom. The number of carbonyl (C=O) groups is 1. The molecule has 0 radical (unpaired) electrons. The van der Waals surface area contributed by atoms with Crippen molar-refractivity contribution in [3.63, 3.8) is 0 Å². The fourth-order valence-corrected chi connectivity index (χ4v) is 5.22. The number of piperidine rings is 3. The van der Waals surface area contributed by atoms with Gasteiger partial charge >= 0.3 is 6.09 Å². The third-order valence-electron chi connectivity index (χ3n) is 6.79. The molecule has 0 aliphatic carbocycles. The number of quaternary nitrogens is 1. The minimum atomic E-state index is -0.761. The number of benzene rings is 2. The first-order valence-electron chi connectivity index (χ1n) is 10.4. The van der Waals surface area contributed by atoms with Crippen molar-refractivity contribution < 1.29 is 19.3 Å². The molecule has 29 heavy (non-hydrogen) atoms. The highest BCUT2D eigenvalue weighted by Crippen LogP contribution is 2.40. The van der Waals surface area contributed by atoms with Gasteiger partial charge in [0.05, 0.1) is 31.8 Å². The molecular weight excluding hydrogens is 368 g/mol. The van der Waals surface area contributed by atoms with Crippen molar-refractivity contribution in [3.8, 4) is 0 Å². The topological polar surface area (TPSA) is 72.8 Å². The first-order chi connectivity index (χ1) is 14.0. The molecular formula is C23H26N2O4. The standard InChI is InChI=1S/C23H26N2O4/c26-20-14-24(23(27)29-21-15-25(28)12-10-16(21)11-13-25)22(17-6-2-1-3-7-17)19-9-5-4-8-18(19)20/h1-9,16,20-22,26H,10-15H2. The molecule has 3 unspecified atom stereocenters. The SMILES string of the molecule is O=C(OC1C[N+]2([O-])CCC1CC2)N1CC(O)c2ccccc2C1c1ccccc1. The molecule has 3 atom stereocenters. The van der Waals surface area contributed by atoms with Gasteiger partial charge in [0.2, 0.25) is 0 Å². The maximum Gasteiger partial charge on any atom is 0.411 e. The van der Waals surface area contributed by atoms with Gasteiger partial charge in [-0.2, -0.15) is 0 Å². The Labute approximate surface area is 170 Å². The molecule has 0 spiro atoms. The number of hydrogen-bond donors (Lipinski definition) is 1. The summed E-state index contributed by atoms with van der Waals surface area (Å²) in [5.41, 5.74) is 2.73. The first-order valence-corrected chi connectivity index (χ1v) is 10.4. The van der Waals surface area contributed by atoms with E-state index in [9.17, 15) is 15.1 Å². The van der Waals surface area contributed by atoms with Crippen LogP contribution in [0.5, 0.6) is 0 Å². The van der Waals surface area contributed by atoms with Crippen molar-refractivity contribution >= 4 is 6.09 Å². The highest BCUT2D eigenvalue weighted by Gasteiger charge is 2.45. The van der Waals surface area contributed by atoms with Crippen molar-refractivity contribution in [2.24, 2.45) is 5.92 Å². The quantitative estimate of drug-likeness (QED) is 0.626. The minimum absolute atomic E-state index is 0.171. The molecule has 1 amide bonds. The van der Waals surface area contributed by atoms with Crippen LogP contribution in [-0.2, 0) is 4.74 Å². The van der Waals surface area contributed by atoms with Crippen LogP contribution >= 0.6 is 0 Å². The van der Waals surface area contributed by atoms with Crippen LogP contribution in [-0.4, -0.2) is 53.0 Å². The van der Waals surface area contributed by atoms with E-state index >= 15 is 0 Å². The number of nitrogens with zero attached hydrogens (tertiary/aromatic N) is 2. The van der Waals surface area contributed by atoms with Crippen LogP contribution in [0.4, 0.5) is 4.79 Å². The lowest BCUT2D eigenvalue weighted by atomic mass is 9.85. The highest BCUT2D eigenvalue weighted by molar-refractivity contribution is 5.70. The Balaban J connectivity index is 1.45. The predicted molar refractivity (Wildman–Crippen MR) is 108 cm³/mol. The van der Waals surface area contributed by atoms with Crippen molar-refractivity contribution in [3.05, 3.63) is 76.5 Å². The van der Waals surface area contributed by atoms with E-state index in [-0.39, 0.29) is 29.3 Å². The van der Waals surface area contributed by atoms with Crippen LogP contribution < -0.4 is 0 Å². The van der Waals surface area contributed by atoms with Crippen LogP contribution in [0.15, 0.2) is 54.6 Å². The summed E-state index contributed by atoms with van der Waals surface area (Å²) >= 11 is 0. The zero-order valence-corrected chi connectivity index (χ0v) is 16.3. The molecule has 6 heteroatoms. The first kappa shape index (κ1) is 18.6. The number of hydroxylamine groups is 3. The van der Waals surface area contributed by atoms with Crippen molar-refractivity contribution in [1.29, 1.82) is 0 Å². The smallest absolute Gasteiger partial charge is 0.411 e. The van der Waals surface area contributed by atoms with Crippen LogP contribution in [0.1, 0.15) is 41.7 Å². The molecule has 4 heterocycles. The molecule has 2 aromatic rings. The van der Waals surface area contributed by atoms with E-state index in [1.54, 1.807) is 4.90 Å². The van der Waals surface area contributed by atoms with E-state index in [1.165, 1.54) is 0 Å². The number of carbonyl (C=O) groups excluding carboxylic acids is 1. The van der Waals surface area contributed by atoms with E-state index in [4.69, 9.17) is 4.74 Å². The summed E-state index contributed by atoms with van der Waals surface area (Å²) in [5, 5.41) is 23.4. The number of fused-ring (bicyclic) bond motifs is 4. The van der Waals surface area contributed by atoms with Gasteiger partial charge in [0, 0.05) is 18.8 Å². The number of hydrogen-bond acceptors (Lipinski definition) is 4. The lowest BCUT2D eigenvalue weighted by Gasteiger charge is -2.55. The number of ether oxygens (including phenoxy) is 1. The van der Waals surface area contributed by atoms with Crippen LogP contribution in [0.2, 0.25) is 0 Å². The molecule has 4 aliphatic rings. The second kappa shape index (κ2) is 7.13. The zero-order chi connectivity index (χ0) is 20.0. The largest absolute Gasteiger partial charge is 0.633 e. The lowest BCUT2D eigenvalue weighted by Crippen LogP contribution is -2.61. The summed E-state index contributed by atoms with van der Waals surface area (Å²) in [5.74, 6) is 0.269. The monoisotopic (exact) mass is 394 g/mol. The molecule has 6 nitrogen and oxygen atoms in total. The Morgan fingerprint density at radius 3 is 2.38 bits per heavy atom. The molecule has 0 aromatic heterocycles. The number of amides is 1. The molecule has 2 bridgehead atoms. The van der Waals surface area contributed by atoms with Crippen LogP contribution in [0.3, 0.4) is 0 Å². The number of rotatable bonds is 2. The van der Waals surface area contributed by atoms with Gasteiger partial charge < -0.3 is 19.7 Å². The number of aliphatic hydroxyl groups is 1. The molecule has 0 saturated carbocycles. The zero-order valence-electron chi connectivity index (χ0n) is 16.3. The average molecular weight is 394 g/mol. The van der Waals surface area contributed by atoms with Gasteiger partial charge in [0.25, 0.3) is 0 Å². The predicted octanol–water partition coefficient (Wildman–Crippen LogP) is 3.37. The van der Waals surface area contributed by atoms with Crippen LogP contribution in [0, 0.1) is 11.1 Å². The maximum atomic E-state index is 13.3. The Kier molecular flexibility index (Phi) is 4.57. The van der Waals surface area contributed by atoms with Crippen molar-refractivity contribution in [1.82, 2.24) is 4.90 Å². The average Bonchev–Trinajstić information content (AvgIpc) is 2.74. The van der Waals surface area contributed by atoms with E-state index in [2.05, 4.69) is 0 Å². The summed E-state index contributed by atoms with van der Waals surface area (Å²) in [6.45, 7) is 1.77. The second-order valence-corrected chi connectivity index (χ2v) is 8.56. The van der Waals surface area contributed by atoms with Gasteiger partial charge in [-0.1, -0.05) is 54.6 Å². The Morgan fingerprint density at radius 2 is 1.69 bits per heavy atom. The van der Waals surface area contributed by atoms with E-state index in [0.29, 0.717) is 19.6 Å². The summed E-state index contributed by atoms with van der Waals surface area (Å²) in [6, 6.07) is 17.2. The molecule has 3 fully saturated rings. The van der Waals surface area contributed by atoms with E-state index < -0.39 is 12.2 Å². The van der Waals surface area contributed by atoms with Crippen LogP contribution in [0.25, 0.3) is 0 Å². The molecule has 4 aliphatic heterocycles. The van der Waals surface area contributed by atoms with Crippen molar-refractivity contribution in [2.45, 2.75) is 31.1 Å². The Hall–Kier alpha value is -2.41. The molecule has 1 N–H and O–H groups in total. The molecule has 2 aromatic carbocycles. The van der Waals surface area contributed by atoms with Gasteiger partial charge in [0.1, 0.15) is 6.54 Å². The lowest BCUT2D eigenvalue weighted by molar-refractivity contribution is -0.900. The Bertz CT molecular complexity index is 895. The maximum absolute atomic E-state index is 13.3. The van der Waals surface area contributed by atoms with E-state index in [1.807, 2.05) is 54.6 Å². The number of β-amino-alcohol motifs (C(OH)–C–C–N with tert-alkyl or cyclic N) is 1. The van der Waals surface area contributed by atoms with Gasteiger partial charge in [-0.05, 0) is 16.7 Å². The van der Waals surface area contributed by atoms with Gasteiger partial charge in [0.15, 0.2) is 6.10 Å². The summed E-state index contributed by atoms with van der Waals surface area (Å²) < 4.78 is 5.66. The van der Waals surface area contributed by atoms with Gasteiger partial charge in [-0.3, -0.25) is 4.90 Å². The van der Waals surface area contributed by atoms with Gasteiger partial charge in [-0.25, -0.2) is 4.79 Å². The molecule has 6 rings (SSSR count). The molecule has 3 saturated heterocycles. The normalized spacial score (nSPS) is 33.2. The molecule has 152 valence electrons. The third-order valence-corrected chi connectivity index (χ3v) is 6.79. The summed E-state index contributed by atoms with van der Waals surface area (Å²) in [4.78, 5) is 14.9. The van der Waals surface area contributed by atoms with Gasteiger partial charge in [-0.15, -0.1) is 0 Å². The third kappa shape index (κ3) is 3.31. The summed E-state index contributed by atoms with van der Waals surface area (Å²) in [7, 11) is 0. The summed E-state index contributed by atoms with van der Waals surface area (Å²) in [6.07, 6.45) is 0.0819. The number of aliphatic hydroxyl groups excluding tert-OH is 1. The second-order valence-electron chi connectivity index (χ2n) is 8.56. The van der Waals surface area contributed by atoms with E-state index in [0.717, 1.165) is 29.5 Å². The highest BCUT2D eigenvalue weighted by atomic mass is 16.6. The minimum Gasteiger partial charge on any atom is -0.633 e. The fourth-order valence-electron chi connectivity index (χ4n) is 5.22.